The SMILES string of the molecule is Cc1cnn([C@@H]2CCCc3ccccc32)c1NC(=O)[C@@H]1CCC(=O)N1. The Kier molecular flexibility index (Phi) is 4.03. The predicted molar refractivity (Wildman–Crippen MR) is 94.3 cm³/mol. The van der Waals surface area contributed by atoms with E-state index in [0.29, 0.717) is 12.8 Å². The summed E-state index contributed by atoms with van der Waals surface area (Å²) in [6.07, 6.45) is 5.94. The lowest BCUT2D eigenvalue weighted by Gasteiger charge is -2.27. The molecule has 2 heterocycles. The summed E-state index contributed by atoms with van der Waals surface area (Å²) in [5, 5.41) is 10.3. The van der Waals surface area contributed by atoms with Crippen LogP contribution in [0, 0.1) is 6.92 Å². The first-order valence-corrected chi connectivity index (χ1v) is 8.85. The van der Waals surface area contributed by atoms with E-state index >= 15 is 0 Å². The molecule has 1 fully saturated rings. The first-order valence-electron chi connectivity index (χ1n) is 8.85. The highest BCUT2D eigenvalue weighted by molar-refractivity contribution is 5.98. The minimum atomic E-state index is -0.450. The van der Waals surface area contributed by atoms with Crippen LogP contribution < -0.4 is 10.6 Å². The lowest BCUT2D eigenvalue weighted by atomic mass is 9.88. The smallest absolute Gasteiger partial charge is 0.248 e. The summed E-state index contributed by atoms with van der Waals surface area (Å²) < 4.78 is 1.93. The molecule has 0 unspecified atom stereocenters. The molecule has 25 heavy (non-hydrogen) atoms. The number of carbonyl (C=O) groups excluding carboxylic acids is 2. The van der Waals surface area contributed by atoms with Gasteiger partial charge in [-0.05, 0) is 43.7 Å². The molecule has 1 aromatic heterocycles. The van der Waals surface area contributed by atoms with Gasteiger partial charge in [0.15, 0.2) is 0 Å². The summed E-state index contributed by atoms with van der Waals surface area (Å²) in [7, 11) is 0. The van der Waals surface area contributed by atoms with Crippen molar-refractivity contribution < 1.29 is 9.59 Å². The molecule has 2 aliphatic rings. The molecular formula is C19H22N4O2. The maximum absolute atomic E-state index is 12.5. The van der Waals surface area contributed by atoms with Crippen LogP contribution in [0.25, 0.3) is 0 Å². The third kappa shape index (κ3) is 2.92. The molecule has 130 valence electrons. The third-order valence-electron chi connectivity index (χ3n) is 5.16. The molecule has 1 aromatic carbocycles. The van der Waals surface area contributed by atoms with Gasteiger partial charge in [-0.25, -0.2) is 4.68 Å². The summed E-state index contributed by atoms with van der Waals surface area (Å²) in [6.45, 7) is 1.95. The van der Waals surface area contributed by atoms with Gasteiger partial charge < -0.3 is 10.6 Å². The topological polar surface area (TPSA) is 76.0 Å². The van der Waals surface area contributed by atoms with Gasteiger partial charge >= 0.3 is 0 Å². The van der Waals surface area contributed by atoms with Gasteiger partial charge in [-0.15, -0.1) is 0 Å². The van der Waals surface area contributed by atoms with Gasteiger partial charge in [0.1, 0.15) is 11.9 Å². The average molecular weight is 338 g/mol. The quantitative estimate of drug-likeness (QED) is 0.902. The number of amides is 2. The van der Waals surface area contributed by atoms with Crippen molar-refractivity contribution in [3.63, 3.8) is 0 Å². The summed E-state index contributed by atoms with van der Waals surface area (Å²) in [5.74, 6) is 0.499. The van der Waals surface area contributed by atoms with Crippen molar-refractivity contribution >= 4 is 17.6 Å². The van der Waals surface area contributed by atoms with Crippen LogP contribution in [-0.2, 0) is 16.0 Å². The summed E-state index contributed by atoms with van der Waals surface area (Å²) in [6, 6.07) is 8.13. The Hall–Kier alpha value is -2.63. The van der Waals surface area contributed by atoms with Gasteiger partial charge in [0, 0.05) is 12.0 Å². The van der Waals surface area contributed by atoms with Crippen molar-refractivity contribution in [3.05, 3.63) is 47.2 Å². The van der Waals surface area contributed by atoms with E-state index in [1.165, 1.54) is 11.1 Å². The Morgan fingerprint density at radius 1 is 1.28 bits per heavy atom. The molecule has 2 aromatic rings. The normalized spacial score (nSPS) is 22.4. The van der Waals surface area contributed by atoms with Crippen LogP contribution in [-0.4, -0.2) is 27.6 Å². The maximum atomic E-state index is 12.5. The minimum absolute atomic E-state index is 0.0633. The number of nitrogens with one attached hydrogen (secondary N) is 2. The number of rotatable bonds is 3. The molecule has 2 amide bonds. The van der Waals surface area contributed by atoms with Crippen LogP contribution >= 0.6 is 0 Å². The van der Waals surface area contributed by atoms with Crippen molar-refractivity contribution in [2.45, 2.75) is 51.1 Å². The summed E-state index contributed by atoms with van der Waals surface area (Å²) in [5.41, 5.74) is 3.56. The maximum Gasteiger partial charge on any atom is 0.248 e. The number of nitrogens with zero attached hydrogens (tertiary/aromatic N) is 2. The fourth-order valence-electron chi connectivity index (χ4n) is 3.84. The van der Waals surface area contributed by atoms with E-state index in [1.54, 1.807) is 6.20 Å². The van der Waals surface area contributed by atoms with E-state index in [4.69, 9.17) is 0 Å². The zero-order chi connectivity index (χ0) is 17.4. The van der Waals surface area contributed by atoms with Crippen LogP contribution in [0.1, 0.15) is 48.4 Å². The molecule has 0 saturated carbocycles. The summed E-state index contributed by atoms with van der Waals surface area (Å²) in [4.78, 5) is 23.9. The van der Waals surface area contributed by atoms with Gasteiger partial charge in [0.25, 0.3) is 0 Å². The molecule has 0 spiro atoms. The Balaban J connectivity index is 1.62. The van der Waals surface area contributed by atoms with Crippen LogP contribution in [0.2, 0.25) is 0 Å². The Labute approximate surface area is 146 Å². The highest BCUT2D eigenvalue weighted by Crippen LogP contribution is 2.35. The van der Waals surface area contributed by atoms with Gasteiger partial charge in [-0.2, -0.15) is 5.10 Å². The van der Waals surface area contributed by atoms with Crippen LogP contribution in [0.3, 0.4) is 0 Å². The van der Waals surface area contributed by atoms with Crippen molar-refractivity contribution in [1.29, 1.82) is 0 Å². The van der Waals surface area contributed by atoms with Crippen molar-refractivity contribution in [3.8, 4) is 0 Å². The molecule has 6 heteroatoms. The van der Waals surface area contributed by atoms with Crippen molar-refractivity contribution in [2.24, 2.45) is 0 Å². The summed E-state index contributed by atoms with van der Waals surface area (Å²) >= 11 is 0. The number of aromatic nitrogens is 2. The van der Waals surface area contributed by atoms with E-state index in [0.717, 1.165) is 30.6 Å². The molecule has 6 nitrogen and oxygen atoms in total. The molecular weight excluding hydrogens is 316 g/mol. The highest BCUT2D eigenvalue weighted by atomic mass is 16.2. The zero-order valence-corrected chi connectivity index (χ0v) is 14.3. The lowest BCUT2D eigenvalue weighted by molar-refractivity contribution is -0.122. The van der Waals surface area contributed by atoms with Gasteiger partial charge in [-0.1, -0.05) is 24.3 Å². The second kappa shape index (κ2) is 6.35. The molecule has 1 saturated heterocycles. The minimum Gasteiger partial charge on any atom is -0.344 e. The average Bonchev–Trinajstić information content (AvgIpc) is 3.21. The standard InChI is InChI=1S/C19H22N4O2/c1-12-11-20-23(16-8-4-6-13-5-2-3-7-14(13)16)18(12)22-19(25)15-9-10-17(24)21-15/h2-3,5,7,11,15-16H,4,6,8-10H2,1H3,(H,21,24)(H,22,25)/t15-,16+/m0/s1. The number of hydrogen-bond donors (Lipinski definition) is 2. The lowest BCUT2D eigenvalue weighted by Crippen LogP contribution is -2.38. The molecule has 2 atom stereocenters. The second-order valence-electron chi connectivity index (χ2n) is 6.88. The third-order valence-corrected chi connectivity index (χ3v) is 5.16. The van der Waals surface area contributed by atoms with Crippen LogP contribution in [0.5, 0.6) is 0 Å². The molecule has 0 radical (unpaired) electrons. The monoisotopic (exact) mass is 338 g/mol. The van der Waals surface area contributed by atoms with Crippen molar-refractivity contribution in [2.75, 3.05) is 5.32 Å². The Morgan fingerprint density at radius 3 is 2.92 bits per heavy atom. The fraction of sp³-hybridized carbons (Fsp3) is 0.421. The molecule has 0 bridgehead atoms. The van der Waals surface area contributed by atoms with Crippen molar-refractivity contribution in [1.82, 2.24) is 15.1 Å². The van der Waals surface area contributed by atoms with E-state index in [1.807, 2.05) is 11.6 Å². The molecule has 1 aliphatic heterocycles. The van der Waals surface area contributed by atoms with E-state index in [2.05, 4.69) is 40.0 Å². The van der Waals surface area contributed by atoms with Gasteiger partial charge in [0.05, 0.1) is 12.2 Å². The number of benzene rings is 1. The highest BCUT2D eigenvalue weighted by Gasteiger charge is 2.30. The predicted octanol–water partition coefficient (Wildman–Crippen LogP) is 2.33. The largest absolute Gasteiger partial charge is 0.344 e. The van der Waals surface area contributed by atoms with Gasteiger partial charge in [0.2, 0.25) is 11.8 Å². The number of fused-ring (bicyclic) bond motifs is 1. The molecule has 4 rings (SSSR count). The first kappa shape index (κ1) is 15.9. The number of anilines is 1. The first-order chi connectivity index (χ1) is 12.1. The number of hydrogen-bond acceptors (Lipinski definition) is 3. The molecule has 1 aliphatic carbocycles. The van der Waals surface area contributed by atoms with Crippen LogP contribution in [0.15, 0.2) is 30.5 Å². The second-order valence-corrected chi connectivity index (χ2v) is 6.88. The van der Waals surface area contributed by atoms with E-state index in [-0.39, 0.29) is 17.9 Å². The zero-order valence-electron chi connectivity index (χ0n) is 14.3. The number of carbonyl (C=O) groups is 2. The van der Waals surface area contributed by atoms with E-state index in [9.17, 15) is 9.59 Å². The van der Waals surface area contributed by atoms with E-state index < -0.39 is 6.04 Å². The van der Waals surface area contributed by atoms with Gasteiger partial charge in [-0.3, -0.25) is 9.59 Å². The Bertz CT molecular complexity index is 827. The van der Waals surface area contributed by atoms with Crippen LogP contribution in [0.4, 0.5) is 5.82 Å². The number of aryl methyl sites for hydroxylation is 2. The molecule has 2 N–H and O–H groups in total. The fourth-order valence-corrected chi connectivity index (χ4v) is 3.84. The Morgan fingerprint density at radius 2 is 2.12 bits per heavy atom.